The number of non-ortho nitro benzene ring substituents is 1. The zero-order chi connectivity index (χ0) is 16.8. The zero-order valence-corrected chi connectivity index (χ0v) is 13.3. The minimum absolute atomic E-state index is 0.0247. The standard InChI is InChI=1S/C16H12Cl2N2O3/c17-14-6-4-12(9-15(14)18)10-19-16(21)7-5-11-2-1-3-13(8-11)20(22)23/h1-9H,10H2,(H,19,21)/b7-5+. The number of hydrogen-bond donors (Lipinski definition) is 1. The van der Waals surface area contributed by atoms with Gasteiger partial charge in [-0.3, -0.25) is 14.9 Å². The monoisotopic (exact) mass is 350 g/mol. The summed E-state index contributed by atoms with van der Waals surface area (Å²) in [7, 11) is 0. The molecule has 0 unspecified atom stereocenters. The summed E-state index contributed by atoms with van der Waals surface area (Å²) in [6.07, 6.45) is 2.83. The second-order valence-corrected chi connectivity index (χ2v) is 5.47. The number of nitrogens with one attached hydrogen (secondary N) is 1. The van der Waals surface area contributed by atoms with Gasteiger partial charge in [-0.25, -0.2) is 0 Å². The minimum Gasteiger partial charge on any atom is -0.348 e. The number of benzene rings is 2. The van der Waals surface area contributed by atoms with E-state index >= 15 is 0 Å². The predicted molar refractivity (Wildman–Crippen MR) is 90.4 cm³/mol. The van der Waals surface area contributed by atoms with Gasteiger partial charge in [0.15, 0.2) is 0 Å². The van der Waals surface area contributed by atoms with Crippen molar-refractivity contribution in [3.63, 3.8) is 0 Å². The number of amides is 1. The van der Waals surface area contributed by atoms with Crippen LogP contribution in [-0.2, 0) is 11.3 Å². The first-order valence-electron chi connectivity index (χ1n) is 6.60. The van der Waals surface area contributed by atoms with Crippen LogP contribution in [0.5, 0.6) is 0 Å². The quantitative estimate of drug-likeness (QED) is 0.498. The van der Waals surface area contributed by atoms with Gasteiger partial charge >= 0.3 is 0 Å². The first kappa shape index (κ1) is 17.0. The SMILES string of the molecule is O=C(/C=C/c1cccc([N+](=O)[O-])c1)NCc1ccc(Cl)c(Cl)c1. The molecule has 0 atom stereocenters. The summed E-state index contributed by atoms with van der Waals surface area (Å²) < 4.78 is 0. The second-order valence-electron chi connectivity index (χ2n) is 4.65. The highest BCUT2D eigenvalue weighted by molar-refractivity contribution is 6.42. The molecule has 5 nitrogen and oxygen atoms in total. The van der Waals surface area contributed by atoms with Crippen molar-refractivity contribution in [2.45, 2.75) is 6.54 Å². The van der Waals surface area contributed by atoms with Gasteiger partial charge in [-0.1, -0.05) is 41.4 Å². The Morgan fingerprint density at radius 1 is 1.17 bits per heavy atom. The van der Waals surface area contributed by atoms with Crippen LogP contribution >= 0.6 is 23.2 Å². The maximum Gasteiger partial charge on any atom is 0.270 e. The molecule has 0 aromatic heterocycles. The Bertz CT molecular complexity index is 776. The second kappa shape index (κ2) is 7.76. The molecule has 0 aliphatic carbocycles. The number of carbonyl (C=O) groups is 1. The maximum absolute atomic E-state index is 11.8. The number of nitrogens with zero attached hydrogens (tertiary/aromatic N) is 1. The van der Waals surface area contributed by atoms with Crippen LogP contribution in [0.1, 0.15) is 11.1 Å². The van der Waals surface area contributed by atoms with Crippen LogP contribution in [-0.4, -0.2) is 10.8 Å². The molecule has 2 aromatic carbocycles. The van der Waals surface area contributed by atoms with E-state index in [1.54, 1.807) is 30.3 Å². The minimum atomic E-state index is -0.484. The van der Waals surface area contributed by atoms with Crippen molar-refractivity contribution in [2.24, 2.45) is 0 Å². The molecule has 0 saturated carbocycles. The molecular weight excluding hydrogens is 339 g/mol. The fraction of sp³-hybridized carbons (Fsp3) is 0.0625. The molecule has 2 aromatic rings. The fourth-order valence-electron chi connectivity index (χ4n) is 1.81. The Morgan fingerprint density at radius 2 is 1.96 bits per heavy atom. The summed E-state index contributed by atoms with van der Waals surface area (Å²) in [5.74, 6) is -0.317. The number of halogens is 2. The summed E-state index contributed by atoms with van der Waals surface area (Å²) in [4.78, 5) is 22.0. The van der Waals surface area contributed by atoms with Gasteiger partial charge in [-0.2, -0.15) is 0 Å². The Kier molecular flexibility index (Phi) is 5.73. The van der Waals surface area contributed by atoms with Gasteiger partial charge in [0.05, 0.1) is 15.0 Å². The smallest absolute Gasteiger partial charge is 0.270 e. The van der Waals surface area contributed by atoms with Crippen molar-refractivity contribution in [1.29, 1.82) is 0 Å². The van der Waals surface area contributed by atoms with Gasteiger partial charge < -0.3 is 5.32 Å². The fourth-order valence-corrected chi connectivity index (χ4v) is 2.13. The van der Waals surface area contributed by atoms with Crippen molar-refractivity contribution < 1.29 is 9.72 Å². The van der Waals surface area contributed by atoms with E-state index in [9.17, 15) is 14.9 Å². The van der Waals surface area contributed by atoms with E-state index in [1.165, 1.54) is 24.3 Å². The van der Waals surface area contributed by atoms with Crippen LogP contribution < -0.4 is 5.32 Å². The van der Waals surface area contributed by atoms with Crippen LogP contribution in [0.15, 0.2) is 48.5 Å². The van der Waals surface area contributed by atoms with Gasteiger partial charge in [0.2, 0.25) is 5.91 Å². The van der Waals surface area contributed by atoms with Crippen molar-refractivity contribution in [2.75, 3.05) is 0 Å². The number of carbonyl (C=O) groups excluding carboxylic acids is 1. The topological polar surface area (TPSA) is 72.2 Å². The van der Waals surface area contributed by atoms with E-state index in [0.717, 1.165) is 5.56 Å². The number of rotatable bonds is 5. The average Bonchev–Trinajstić information content (AvgIpc) is 2.54. The lowest BCUT2D eigenvalue weighted by atomic mass is 10.2. The Morgan fingerprint density at radius 3 is 2.65 bits per heavy atom. The molecule has 0 saturated heterocycles. The molecule has 0 spiro atoms. The summed E-state index contributed by atoms with van der Waals surface area (Å²) in [5.41, 5.74) is 1.36. The first-order valence-corrected chi connectivity index (χ1v) is 7.35. The lowest BCUT2D eigenvalue weighted by molar-refractivity contribution is -0.384. The summed E-state index contributed by atoms with van der Waals surface area (Å²) >= 11 is 11.7. The Labute approximate surface area is 142 Å². The lowest BCUT2D eigenvalue weighted by Gasteiger charge is -2.04. The van der Waals surface area contributed by atoms with Crippen LogP contribution in [0.3, 0.4) is 0 Å². The highest BCUT2D eigenvalue weighted by Crippen LogP contribution is 2.22. The van der Waals surface area contributed by atoms with Gasteiger partial charge in [0.1, 0.15) is 0 Å². The van der Waals surface area contributed by atoms with Gasteiger partial charge in [0.25, 0.3) is 5.69 Å². The van der Waals surface area contributed by atoms with Crippen LogP contribution in [0.25, 0.3) is 6.08 Å². The molecule has 0 aliphatic heterocycles. The molecule has 1 N–H and O–H groups in total. The summed E-state index contributed by atoms with van der Waals surface area (Å²) in [6.45, 7) is 0.301. The summed E-state index contributed by atoms with van der Waals surface area (Å²) in [6, 6.07) is 11.1. The van der Waals surface area contributed by atoms with E-state index in [2.05, 4.69) is 5.32 Å². The molecule has 23 heavy (non-hydrogen) atoms. The molecule has 118 valence electrons. The van der Waals surface area contributed by atoms with E-state index in [1.807, 2.05) is 0 Å². The van der Waals surface area contributed by atoms with E-state index in [0.29, 0.717) is 22.2 Å². The van der Waals surface area contributed by atoms with E-state index in [-0.39, 0.29) is 11.6 Å². The number of nitro groups is 1. The maximum atomic E-state index is 11.8. The van der Waals surface area contributed by atoms with Crippen molar-refractivity contribution in [3.05, 3.63) is 79.8 Å². The van der Waals surface area contributed by atoms with Crippen molar-refractivity contribution >= 4 is 40.9 Å². The number of hydrogen-bond acceptors (Lipinski definition) is 3. The summed E-state index contributed by atoms with van der Waals surface area (Å²) in [5, 5.41) is 14.2. The Balaban J connectivity index is 1.95. The van der Waals surface area contributed by atoms with Crippen LogP contribution in [0.4, 0.5) is 5.69 Å². The predicted octanol–water partition coefficient (Wildman–Crippen LogP) is 4.23. The highest BCUT2D eigenvalue weighted by atomic mass is 35.5. The number of nitro benzene ring substituents is 1. The molecule has 1 amide bonds. The molecule has 7 heteroatoms. The third kappa shape index (κ3) is 5.09. The average molecular weight is 351 g/mol. The van der Waals surface area contributed by atoms with Gasteiger partial charge in [-0.05, 0) is 29.3 Å². The zero-order valence-electron chi connectivity index (χ0n) is 11.8. The molecule has 0 aliphatic rings. The third-order valence-electron chi connectivity index (χ3n) is 2.96. The van der Waals surface area contributed by atoms with Crippen molar-refractivity contribution in [1.82, 2.24) is 5.32 Å². The van der Waals surface area contributed by atoms with Crippen LogP contribution in [0.2, 0.25) is 10.0 Å². The highest BCUT2D eigenvalue weighted by Gasteiger charge is 2.04. The lowest BCUT2D eigenvalue weighted by Crippen LogP contribution is -2.20. The normalized spacial score (nSPS) is 10.7. The molecule has 0 heterocycles. The van der Waals surface area contributed by atoms with E-state index < -0.39 is 4.92 Å². The van der Waals surface area contributed by atoms with Crippen molar-refractivity contribution in [3.8, 4) is 0 Å². The largest absolute Gasteiger partial charge is 0.348 e. The molecule has 0 radical (unpaired) electrons. The molecular formula is C16H12Cl2N2O3. The van der Waals surface area contributed by atoms with Gasteiger partial charge in [0, 0.05) is 24.8 Å². The first-order chi connectivity index (χ1) is 11.0. The van der Waals surface area contributed by atoms with Gasteiger partial charge in [-0.15, -0.1) is 0 Å². The molecule has 0 bridgehead atoms. The third-order valence-corrected chi connectivity index (χ3v) is 3.70. The van der Waals surface area contributed by atoms with E-state index in [4.69, 9.17) is 23.2 Å². The Hall–Kier alpha value is -2.37. The molecule has 0 fully saturated rings. The molecule has 2 rings (SSSR count). The van der Waals surface area contributed by atoms with Crippen LogP contribution in [0, 0.1) is 10.1 Å².